The molecule has 1 heterocycles. The molecule has 42 heavy (non-hydrogen) atoms. The first-order valence-electron chi connectivity index (χ1n) is 13.0. The maximum absolute atomic E-state index is 13.8. The normalized spacial score (nSPS) is 13.9. The molecule has 1 N–H and O–H groups in total. The van der Waals surface area contributed by atoms with E-state index in [9.17, 15) is 22.8 Å². The van der Waals surface area contributed by atoms with Crippen LogP contribution < -0.4 is 10.2 Å². The number of benzene rings is 4. The topological polar surface area (TPSA) is 110 Å². The molecule has 4 aromatic carbocycles. The number of fused-ring (bicyclic) bond motifs is 2. The van der Waals surface area contributed by atoms with Crippen molar-refractivity contribution in [2.75, 3.05) is 10.2 Å². The lowest BCUT2D eigenvalue weighted by Crippen LogP contribution is -2.30. The van der Waals surface area contributed by atoms with E-state index in [2.05, 4.69) is 5.32 Å². The van der Waals surface area contributed by atoms with Crippen LogP contribution in [0.4, 0.5) is 11.4 Å². The minimum atomic E-state index is -4.10. The summed E-state index contributed by atoms with van der Waals surface area (Å²) in [5, 5.41) is 3.22. The summed E-state index contributed by atoms with van der Waals surface area (Å²) in [5.41, 5.74) is 1.01. The molecule has 5 rings (SSSR count). The number of amides is 2. The summed E-state index contributed by atoms with van der Waals surface area (Å²) in [6, 6.07) is 23.3. The molecular formula is C32H27ClN2O6S. The van der Waals surface area contributed by atoms with E-state index >= 15 is 0 Å². The van der Waals surface area contributed by atoms with Gasteiger partial charge in [-0.1, -0.05) is 35.9 Å². The van der Waals surface area contributed by atoms with Gasteiger partial charge in [-0.3, -0.25) is 9.59 Å². The van der Waals surface area contributed by atoms with Crippen LogP contribution >= 0.6 is 11.6 Å². The highest BCUT2D eigenvalue weighted by Gasteiger charge is 2.36. The summed E-state index contributed by atoms with van der Waals surface area (Å²) in [7, 11) is -4.10. The predicted octanol–water partition coefficient (Wildman–Crippen LogP) is 6.54. The number of sulfone groups is 1. The third kappa shape index (κ3) is 5.93. The minimum Gasteiger partial charge on any atom is -0.456 e. The number of carbonyl (C=O) groups is 3. The number of hydrogen-bond acceptors (Lipinski definition) is 6. The van der Waals surface area contributed by atoms with E-state index in [1.807, 2.05) is 0 Å². The lowest BCUT2D eigenvalue weighted by molar-refractivity contribution is 0.00693. The molecular weight excluding hydrogens is 576 g/mol. The Morgan fingerprint density at radius 1 is 0.857 bits per heavy atom. The zero-order chi connectivity index (χ0) is 30.2. The Morgan fingerprint density at radius 2 is 1.55 bits per heavy atom. The van der Waals surface area contributed by atoms with Gasteiger partial charge >= 0.3 is 5.97 Å². The number of rotatable bonds is 5. The van der Waals surface area contributed by atoms with Crippen LogP contribution in [0.1, 0.15) is 57.4 Å². The quantitative estimate of drug-likeness (QED) is 0.260. The van der Waals surface area contributed by atoms with Gasteiger partial charge in [0, 0.05) is 16.3 Å². The van der Waals surface area contributed by atoms with E-state index in [1.165, 1.54) is 47.4 Å². The predicted molar refractivity (Wildman–Crippen MR) is 160 cm³/mol. The minimum absolute atomic E-state index is 0.0213. The summed E-state index contributed by atoms with van der Waals surface area (Å²) in [6.07, 6.45) is 0. The molecule has 214 valence electrons. The molecule has 1 aliphatic rings. The van der Waals surface area contributed by atoms with Gasteiger partial charge in [0.05, 0.1) is 33.2 Å². The fraction of sp³-hybridized carbons (Fsp3) is 0.156. The van der Waals surface area contributed by atoms with Crippen LogP contribution in [-0.2, 0) is 21.1 Å². The van der Waals surface area contributed by atoms with Crippen LogP contribution in [-0.4, -0.2) is 31.8 Å². The second kappa shape index (κ2) is 11.1. The number of ether oxygens (including phenoxy) is 1. The monoisotopic (exact) mass is 602 g/mol. The third-order valence-corrected chi connectivity index (χ3v) is 8.56. The Hall–Kier alpha value is -4.47. The van der Waals surface area contributed by atoms with Crippen LogP contribution in [0.5, 0.6) is 0 Å². The van der Waals surface area contributed by atoms with Gasteiger partial charge in [0.25, 0.3) is 11.8 Å². The highest BCUT2D eigenvalue weighted by molar-refractivity contribution is 7.91. The average Bonchev–Trinajstić information content (AvgIpc) is 3.00. The van der Waals surface area contributed by atoms with Crippen molar-refractivity contribution in [3.8, 4) is 0 Å². The molecule has 0 aromatic heterocycles. The second-order valence-corrected chi connectivity index (χ2v) is 13.1. The van der Waals surface area contributed by atoms with E-state index in [4.69, 9.17) is 16.3 Å². The van der Waals surface area contributed by atoms with Crippen LogP contribution in [0.2, 0.25) is 5.02 Å². The molecule has 1 aliphatic heterocycles. The number of hydrogen-bond donors (Lipinski definition) is 1. The van der Waals surface area contributed by atoms with Crippen molar-refractivity contribution in [3.63, 3.8) is 0 Å². The average molecular weight is 603 g/mol. The molecule has 0 bridgehead atoms. The summed E-state index contributed by atoms with van der Waals surface area (Å²) < 4.78 is 32.8. The second-order valence-electron chi connectivity index (χ2n) is 10.7. The zero-order valence-corrected chi connectivity index (χ0v) is 24.6. The van der Waals surface area contributed by atoms with Gasteiger partial charge in [-0.25, -0.2) is 13.2 Å². The van der Waals surface area contributed by atoms with E-state index in [-0.39, 0.29) is 33.2 Å². The number of esters is 1. The van der Waals surface area contributed by atoms with Crippen LogP contribution in [0, 0.1) is 0 Å². The van der Waals surface area contributed by atoms with Crippen molar-refractivity contribution in [1.29, 1.82) is 0 Å². The summed E-state index contributed by atoms with van der Waals surface area (Å²) >= 11 is 6.18. The van der Waals surface area contributed by atoms with Crippen molar-refractivity contribution in [2.45, 2.75) is 42.7 Å². The summed E-state index contributed by atoms with van der Waals surface area (Å²) in [4.78, 5) is 40.6. The van der Waals surface area contributed by atoms with E-state index in [1.54, 1.807) is 69.3 Å². The molecule has 0 fully saturated rings. The smallest absolute Gasteiger partial charge is 0.338 e. The lowest BCUT2D eigenvalue weighted by Gasteiger charge is -2.23. The standard InChI is InChI=1S/C32H27ClN2O6S/c1-32(2,3)41-31(38)21-11-14-24(15-12-21)34-29(36)22-13-16-28-26(18-22)35(19-20-7-6-8-23(33)17-20)30(37)25-9-4-5-10-27(25)42(28,39)40/h4-18H,19H2,1-3H3,(H,34,36). The van der Waals surface area contributed by atoms with Crippen LogP contribution in [0.25, 0.3) is 0 Å². The number of halogens is 1. The Kier molecular flexibility index (Phi) is 7.66. The first-order chi connectivity index (χ1) is 19.8. The molecule has 0 unspecified atom stereocenters. The molecule has 0 saturated heterocycles. The molecule has 0 spiro atoms. The van der Waals surface area contributed by atoms with Gasteiger partial charge in [0.1, 0.15) is 5.60 Å². The van der Waals surface area contributed by atoms with Gasteiger partial charge in [0.15, 0.2) is 0 Å². The van der Waals surface area contributed by atoms with Gasteiger partial charge < -0.3 is 15.0 Å². The Balaban J connectivity index is 1.51. The molecule has 0 saturated carbocycles. The largest absolute Gasteiger partial charge is 0.456 e. The first kappa shape index (κ1) is 29.0. The number of carbonyl (C=O) groups excluding carboxylic acids is 3. The van der Waals surface area contributed by atoms with Crippen molar-refractivity contribution < 1.29 is 27.5 Å². The summed E-state index contributed by atoms with van der Waals surface area (Å²) in [6.45, 7) is 5.34. The third-order valence-electron chi connectivity index (χ3n) is 6.46. The Labute approximate surface area is 248 Å². The maximum atomic E-state index is 13.8. The molecule has 4 aromatic rings. The van der Waals surface area contributed by atoms with Gasteiger partial charge in [-0.15, -0.1) is 0 Å². The van der Waals surface area contributed by atoms with E-state index in [0.717, 1.165) is 0 Å². The first-order valence-corrected chi connectivity index (χ1v) is 14.9. The highest BCUT2D eigenvalue weighted by atomic mass is 35.5. The number of nitrogens with zero attached hydrogens (tertiary/aromatic N) is 1. The van der Waals surface area contributed by atoms with Crippen LogP contribution in [0.3, 0.4) is 0 Å². The molecule has 2 amide bonds. The van der Waals surface area contributed by atoms with Crippen molar-refractivity contribution in [1.82, 2.24) is 0 Å². The van der Waals surface area contributed by atoms with E-state index < -0.39 is 33.2 Å². The Morgan fingerprint density at radius 3 is 2.24 bits per heavy atom. The molecule has 10 heteroatoms. The molecule has 0 atom stereocenters. The highest BCUT2D eigenvalue weighted by Crippen LogP contribution is 2.38. The molecule has 0 aliphatic carbocycles. The Bertz CT molecular complexity index is 1830. The lowest BCUT2D eigenvalue weighted by atomic mass is 10.1. The van der Waals surface area contributed by atoms with Crippen molar-refractivity contribution in [3.05, 3.63) is 118 Å². The number of anilines is 2. The van der Waals surface area contributed by atoms with Gasteiger partial charge in [-0.05, 0) is 93.1 Å². The number of nitrogens with one attached hydrogen (secondary N) is 1. The van der Waals surface area contributed by atoms with Gasteiger partial charge in [0.2, 0.25) is 9.84 Å². The fourth-order valence-electron chi connectivity index (χ4n) is 4.55. The summed E-state index contributed by atoms with van der Waals surface area (Å²) in [5.74, 6) is -1.54. The maximum Gasteiger partial charge on any atom is 0.338 e. The van der Waals surface area contributed by atoms with Crippen LogP contribution in [0.15, 0.2) is 101 Å². The van der Waals surface area contributed by atoms with Crippen molar-refractivity contribution in [2.24, 2.45) is 0 Å². The zero-order valence-electron chi connectivity index (χ0n) is 23.1. The van der Waals surface area contributed by atoms with E-state index in [0.29, 0.717) is 21.8 Å². The van der Waals surface area contributed by atoms with Gasteiger partial charge in [-0.2, -0.15) is 0 Å². The van der Waals surface area contributed by atoms with Crippen molar-refractivity contribution >= 4 is 50.6 Å². The SMILES string of the molecule is CC(C)(C)OC(=O)c1ccc(NC(=O)c2ccc3c(c2)N(Cc2cccc(Cl)c2)C(=O)c2ccccc2S3(=O)=O)cc1. The molecule has 0 radical (unpaired) electrons. The molecule has 8 nitrogen and oxygen atoms in total. The fourth-order valence-corrected chi connectivity index (χ4v) is 6.40.